The van der Waals surface area contributed by atoms with Crippen molar-refractivity contribution in [2.75, 3.05) is 32.8 Å². The number of rotatable bonds is 5. The van der Waals surface area contributed by atoms with Crippen LogP contribution >= 0.6 is 0 Å². The molecule has 1 aromatic rings. The van der Waals surface area contributed by atoms with Crippen molar-refractivity contribution in [3.63, 3.8) is 0 Å². The number of ether oxygens (including phenoxy) is 1. The fourth-order valence-corrected chi connectivity index (χ4v) is 2.37. The quantitative estimate of drug-likeness (QED) is 0.790. The minimum atomic E-state index is -1.01. The molecule has 2 rings (SSSR count). The molecular weight excluding hydrogens is 272 g/mol. The third-order valence-corrected chi connectivity index (χ3v) is 3.46. The van der Waals surface area contributed by atoms with E-state index in [1.165, 1.54) is 11.1 Å². The molecule has 1 aliphatic rings. The summed E-state index contributed by atoms with van der Waals surface area (Å²) in [4.78, 5) is 24.1. The highest BCUT2D eigenvalue weighted by atomic mass is 16.5. The lowest BCUT2D eigenvalue weighted by molar-refractivity contribution is -0.142. The summed E-state index contributed by atoms with van der Waals surface area (Å²) in [7, 11) is 0. The zero-order valence-electron chi connectivity index (χ0n) is 11.9. The number of nitrogens with zero attached hydrogens (tertiary/aromatic N) is 1. The topological polar surface area (TPSA) is 78.9 Å². The van der Waals surface area contributed by atoms with Crippen LogP contribution in [0.3, 0.4) is 0 Å². The molecule has 0 bridgehead atoms. The maximum absolute atomic E-state index is 12.0. The molecule has 0 radical (unpaired) electrons. The van der Waals surface area contributed by atoms with Gasteiger partial charge in [0.25, 0.3) is 0 Å². The van der Waals surface area contributed by atoms with E-state index in [4.69, 9.17) is 9.84 Å². The molecule has 114 valence electrons. The number of urea groups is 1. The largest absolute Gasteiger partial charge is 0.480 e. The van der Waals surface area contributed by atoms with Gasteiger partial charge in [0.2, 0.25) is 0 Å². The predicted molar refractivity (Wildman–Crippen MR) is 77.3 cm³/mol. The first-order chi connectivity index (χ1) is 10.2. The second-order valence-corrected chi connectivity index (χ2v) is 4.93. The highest BCUT2D eigenvalue weighted by Gasteiger charge is 2.17. The number of carbonyl (C=O) groups is 2. The summed E-state index contributed by atoms with van der Waals surface area (Å²) in [5, 5.41) is 11.2. The fourth-order valence-electron chi connectivity index (χ4n) is 2.37. The Kier molecular flexibility index (Phi) is 5.57. The number of benzene rings is 1. The summed E-state index contributed by atoms with van der Waals surface area (Å²) in [6.45, 7) is 1.56. The van der Waals surface area contributed by atoms with Gasteiger partial charge in [-0.1, -0.05) is 24.3 Å². The third-order valence-electron chi connectivity index (χ3n) is 3.46. The Hall–Kier alpha value is -2.08. The summed E-state index contributed by atoms with van der Waals surface area (Å²) in [5.74, 6) is -1.01. The van der Waals surface area contributed by atoms with E-state index >= 15 is 0 Å². The minimum Gasteiger partial charge on any atom is -0.480 e. The van der Waals surface area contributed by atoms with Crippen LogP contribution in [-0.4, -0.2) is 54.9 Å². The second-order valence-electron chi connectivity index (χ2n) is 4.93. The molecule has 0 spiro atoms. The van der Waals surface area contributed by atoms with Gasteiger partial charge >= 0.3 is 12.0 Å². The normalized spacial score (nSPS) is 14.2. The average Bonchev–Trinajstić information content (AvgIpc) is 2.69. The molecular formula is C15H20N2O4. The third kappa shape index (κ3) is 4.75. The van der Waals surface area contributed by atoms with E-state index in [1.807, 2.05) is 12.1 Å². The molecule has 2 N–H and O–H groups in total. The van der Waals surface area contributed by atoms with Gasteiger partial charge in [-0.25, -0.2) is 9.59 Å². The molecule has 6 nitrogen and oxygen atoms in total. The Morgan fingerprint density at radius 3 is 2.38 bits per heavy atom. The van der Waals surface area contributed by atoms with Crippen LogP contribution in [0.15, 0.2) is 24.3 Å². The first-order valence-electron chi connectivity index (χ1n) is 7.06. The van der Waals surface area contributed by atoms with E-state index in [0.717, 1.165) is 12.8 Å². The number of carboxylic acids is 1. The molecule has 0 fully saturated rings. The molecule has 0 atom stereocenters. The van der Waals surface area contributed by atoms with Gasteiger partial charge in [-0.05, 0) is 24.0 Å². The maximum Gasteiger partial charge on any atom is 0.329 e. The van der Waals surface area contributed by atoms with Crippen molar-refractivity contribution >= 4 is 12.0 Å². The van der Waals surface area contributed by atoms with Crippen molar-refractivity contribution in [2.45, 2.75) is 12.8 Å². The molecule has 2 amide bonds. The lowest BCUT2D eigenvalue weighted by atomic mass is 10.0. The van der Waals surface area contributed by atoms with Gasteiger partial charge in [-0.3, -0.25) is 0 Å². The Labute approximate surface area is 123 Å². The molecule has 1 heterocycles. The molecule has 0 saturated carbocycles. The number of fused-ring (bicyclic) bond motifs is 1. The smallest absolute Gasteiger partial charge is 0.329 e. The molecule has 0 unspecified atom stereocenters. The minimum absolute atomic E-state index is 0.123. The maximum atomic E-state index is 12.0. The fraction of sp³-hybridized carbons (Fsp3) is 0.467. The van der Waals surface area contributed by atoms with Crippen LogP contribution in [0.4, 0.5) is 4.79 Å². The monoisotopic (exact) mass is 292 g/mol. The Morgan fingerprint density at radius 1 is 1.19 bits per heavy atom. The van der Waals surface area contributed by atoms with Crippen molar-refractivity contribution in [3.05, 3.63) is 35.4 Å². The molecule has 21 heavy (non-hydrogen) atoms. The van der Waals surface area contributed by atoms with Crippen molar-refractivity contribution in [3.8, 4) is 0 Å². The van der Waals surface area contributed by atoms with E-state index < -0.39 is 5.97 Å². The predicted octanol–water partition coefficient (Wildman–Crippen LogP) is 0.898. The zero-order valence-corrected chi connectivity index (χ0v) is 11.9. The van der Waals surface area contributed by atoms with Crippen molar-refractivity contribution in [1.29, 1.82) is 0 Å². The van der Waals surface area contributed by atoms with Gasteiger partial charge in [0.05, 0.1) is 6.61 Å². The summed E-state index contributed by atoms with van der Waals surface area (Å²) < 4.78 is 4.88. The molecule has 0 saturated heterocycles. The molecule has 0 aliphatic carbocycles. The number of carboxylic acid groups (broad SMARTS) is 1. The van der Waals surface area contributed by atoms with Crippen LogP contribution in [0.1, 0.15) is 11.1 Å². The van der Waals surface area contributed by atoms with E-state index in [2.05, 4.69) is 17.4 Å². The van der Waals surface area contributed by atoms with Crippen LogP contribution in [0.25, 0.3) is 0 Å². The first-order valence-corrected chi connectivity index (χ1v) is 7.06. The van der Waals surface area contributed by atoms with E-state index in [1.54, 1.807) is 4.90 Å². The van der Waals surface area contributed by atoms with Crippen LogP contribution in [0.2, 0.25) is 0 Å². The number of hydrogen-bond donors (Lipinski definition) is 2. The lowest BCUT2D eigenvalue weighted by Crippen LogP contribution is -2.42. The van der Waals surface area contributed by atoms with Gasteiger partial charge in [0, 0.05) is 19.6 Å². The molecule has 1 aromatic carbocycles. The van der Waals surface area contributed by atoms with E-state index in [0.29, 0.717) is 19.6 Å². The summed E-state index contributed by atoms with van der Waals surface area (Å²) in [6, 6.07) is 8.14. The van der Waals surface area contributed by atoms with Gasteiger partial charge in [0.1, 0.15) is 6.61 Å². The molecule has 1 aliphatic heterocycles. The number of nitrogens with one attached hydrogen (secondary N) is 1. The average molecular weight is 292 g/mol. The van der Waals surface area contributed by atoms with Gasteiger partial charge in [-0.15, -0.1) is 0 Å². The lowest BCUT2D eigenvalue weighted by Gasteiger charge is -2.20. The number of aliphatic carboxylic acids is 1. The number of hydrogen-bond acceptors (Lipinski definition) is 3. The van der Waals surface area contributed by atoms with Gasteiger partial charge < -0.3 is 20.1 Å². The van der Waals surface area contributed by atoms with Crippen LogP contribution in [0.5, 0.6) is 0 Å². The molecule has 6 heteroatoms. The SMILES string of the molecule is O=C(O)COCCNC(=O)N1CCc2ccccc2CC1. The second kappa shape index (κ2) is 7.64. The Balaban J connectivity index is 1.73. The van der Waals surface area contributed by atoms with Crippen molar-refractivity contribution < 1.29 is 19.4 Å². The van der Waals surface area contributed by atoms with Crippen molar-refractivity contribution in [1.82, 2.24) is 10.2 Å². The summed E-state index contributed by atoms with van der Waals surface area (Å²) in [6.07, 6.45) is 1.72. The number of carbonyl (C=O) groups excluding carboxylic acids is 1. The Morgan fingerprint density at radius 2 is 1.81 bits per heavy atom. The summed E-state index contributed by atoms with van der Waals surface area (Å²) >= 11 is 0. The standard InChI is InChI=1S/C15H20N2O4/c18-14(19)11-21-10-7-16-15(20)17-8-5-12-3-1-2-4-13(12)6-9-17/h1-4H,5-11H2,(H,16,20)(H,18,19). The van der Waals surface area contributed by atoms with E-state index in [-0.39, 0.29) is 19.2 Å². The highest BCUT2D eigenvalue weighted by Crippen LogP contribution is 2.15. The van der Waals surface area contributed by atoms with Gasteiger partial charge in [-0.2, -0.15) is 0 Å². The number of amides is 2. The first kappa shape index (κ1) is 15.3. The van der Waals surface area contributed by atoms with Crippen LogP contribution in [0, 0.1) is 0 Å². The summed E-state index contributed by atoms with van der Waals surface area (Å²) in [5.41, 5.74) is 2.61. The van der Waals surface area contributed by atoms with E-state index in [9.17, 15) is 9.59 Å². The van der Waals surface area contributed by atoms with Gasteiger partial charge in [0.15, 0.2) is 0 Å². The highest BCUT2D eigenvalue weighted by molar-refractivity contribution is 5.74. The van der Waals surface area contributed by atoms with Crippen molar-refractivity contribution in [2.24, 2.45) is 0 Å². The Bertz CT molecular complexity index is 477. The van der Waals surface area contributed by atoms with Crippen LogP contribution in [-0.2, 0) is 22.4 Å². The molecule has 0 aromatic heterocycles. The zero-order chi connectivity index (χ0) is 15.1. The van der Waals surface area contributed by atoms with Crippen LogP contribution < -0.4 is 5.32 Å².